The number of aliphatic carboxylic acids is 1. The Morgan fingerprint density at radius 1 is 1.09 bits per heavy atom. The van der Waals surface area contributed by atoms with Crippen molar-refractivity contribution in [2.24, 2.45) is 0 Å². The molecule has 6 nitrogen and oxygen atoms in total. The molecule has 23 heavy (non-hydrogen) atoms. The van der Waals surface area contributed by atoms with Crippen LogP contribution in [-0.4, -0.2) is 31.5 Å². The van der Waals surface area contributed by atoms with Crippen LogP contribution in [0.3, 0.4) is 0 Å². The topological polar surface area (TPSA) is 83.7 Å². The average Bonchev–Trinajstić information content (AvgIpc) is 3.00. The molecule has 0 amide bonds. The van der Waals surface area contributed by atoms with E-state index in [1.54, 1.807) is 12.4 Å². The Kier molecular flexibility index (Phi) is 4.68. The summed E-state index contributed by atoms with van der Waals surface area (Å²) in [5, 5.41) is 19.7. The van der Waals surface area contributed by atoms with Crippen molar-refractivity contribution >= 4 is 17.7 Å². The van der Waals surface area contributed by atoms with Gasteiger partial charge in [-0.25, -0.2) is 0 Å². The van der Waals surface area contributed by atoms with Crippen LogP contribution in [0.5, 0.6) is 0 Å². The van der Waals surface area contributed by atoms with Gasteiger partial charge in [0, 0.05) is 35.4 Å². The summed E-state index contributed by atoms with van der Waals surface area (Å²) >= 11 is 1.34. The number of nitrogens with zero attached hydrogens (tertiary/aromatic N) is 4. The first-order valence-corrected chi connectivity index (χ1v) is 7.98. The van der Waals surface area contributed by atoms with Gasteiger partial charge in [-0.2, -0.15) is 0 Å². The Hall–Kier alpha value is -2.67. The van der Waals surface area contributed by atoms with Crippen LogP contribution in [0.25, 0.3) is 17.1 Å². The largest absolute Gasteiger partial charge is 0.550 e. The van der Waals surface area contributed by atoms with Gasteiger partial charge in [0.05, 0.1) is 0 Å². The van der Waals surface area contributed by atoms with Gasteiger partial charge in [-0.15, -0.1) is 10.2 Å². The maximum absolute atomic E-state index is 10.6. The predicted octanol–water partition coefficient (Wildman–Crippen LogP) is 1.56. The number of carbonyl (C=O) groups is 1. The summed E-state index contributed by atoms with van der Waals surface area (Å²) in [4.78, 5) is 14.6. The van der Waals surface area contributed by atoms with Crippen LogP contribution < -0.4 is 5.11 Å². The lowest BCUT2D eigenvalue weighted by Crippen LogP contribution is -2.22. The minimum Gasteiger partial charge on any atom is -0.550 e. The summed E-state index contributed by atoms with van der Waals surface area (Å²) in [6, 6.07) is 13.4. The summed E-state index contributed by atoms with van der Waals surface area (Å²) in [5.74, 6) is -0.00362. The predicted molar refractivity (Wildman–Crippen MR) is 84.9 cm³/mol. The number of thioether (sulfide) groups is 1. The molecule has 116 valence electrons. The van der Waals surface area contributed by atoms with E-state index in [1.807, 2.05) is 47.0 Å². The van der Waals surface area contributed by atoms with Gasteiger partial charge in [-0.1, -0.05) is 30.0 Å². The van der Waals surface area contributed by atoms with E-state index in [2.05, 4.69) is 15.2 Å². The van der Waals surface area contributed by atoms with E-state index < -0.39 is 5.97 Å². The maximum Gasteiger partial charge on any atom is 0.196 e. The van der Waals surface area contributed by atoms with Crippen molar-refractivity contribution in [3.05, 3.63) is 54.9 Å². The lowest BCUT2D eigenvalue weighted by Gasteiger charge is -2.10. The van der Waals surface area contributed by atoms with Crippen LogP contribution in [0, 0.1) is 0 Å². The molecule has 3 aromatic rings. The van der Waals surface area contributed by atoms with Gasteiger partial charge in [-0.3, -0.25) is 9.55 Å². The lowest BCUT2D eigenvalue weighted by molar-refractivity contribution is -0.305. The summed E-state index contributed by atoms with van der Waals surface area (Å²) < 4.78 is 1.91. The number of benzene rings is 1. The lowest BCUT2D eigenvalue weighted by atomic mass is 10.2. The molecule has 2 aromatic heterocycles. The van der Waals surface area contributed by atoms with Crippen molar-refractivity contribution in [3.8, 4) is 17.1 Å². The van der Waals surface area contributed by atoms with Crippen LogP contribution >= 0.6 is 11.8 Å². The highest BCUT2D eigenvalue weighted by molar-refractivity contribution is 7.99. The number of carbonyl (C=O) groups excluding carboxylic acids is 1. The fourth-order valence-electron chi connectivity index (χ4n) is 2.09. The second-order valence-electron chi connectivity index (χ2n) is 4.68. The van der Waals surface area contributed by atoms with Crippen molar-refractivity contribution in [3.63, 3.8) is 0 Å². The van der Waals surface area contributed by atoms with E-state index in [4.69, 9.17) is 0 Å². The van der Waals surface area contributed by atoms with Crippen molar-refractivity contribution in [2.45, 2.75) is 11.6 Å². The summed E-state index contributed by atoms with van der Waals surface area (Å²) in [6.45, 7) is 0. The second kappa shape index (κ2) is 7.06. The molecule has 0 saturated carbocycles. The minimum absolute atomic E-state index is 0.0308. The van der Waals surface area contributed by atoms with Crippen LogP contribution in [-0.2, 0) is 4.79 Å². The van der Waals surface area contributed by atoms with Crippen molar-refractivity contribution in [2.75, 3.05) is 5.75 Å². The van der Waals surface area contributed by atoms with Crippen molar-refractivity contribution in [1.82, 2.24) is 19.7 Å². The third-order valence-corrected chi connectivity index (χ3v) is 4.05. The fraction of sp³-hybridized carbons (Fsp3) is 0.125. The van der Waals surface area contributed by atoms with E-state index in [9.17, 15) is 9.90 Å². The van der Waals surface area contributed by atoms with Crippen LogP contribution in [0.15, 0.2) is 60.0 Å². The molecule has 7 heteroatoms. The smallest absolute Gasteiger partial charge is 0.196 e. The first-order chi connectivity index (χ1) is 11.3. The van der Waals surface area contributed by atoms with E-state index in [1.165, 1.54) is 11.8 Å². The molecular weight excluding hydrogens is 312 g/mol. The van der Waals surface area contributed by atoms with Crippen molar-refractivity contribution in [1.29, 1.82) is 0 Å². The Bertz CT molecular complexity index is 790. The molecule has 0 aliphatic rings. The number of para-hydroxylation sites is 1. The van der Waals surface area contributed by atoms with E-state index in [0.717, 1.165) is 11.3 Å². The van der Waals surface area contributed by atoms with Gasteiger partial charge in [-0.05, 0) is 30.7 Å². The highest BCUT2D eigenvalue weighted by Gasteiger charge is 2.15. The summed E-state index contributed by atoms with van der Waals surface area (Å²) in [6.07, 6.45) is 3.36. The molecule has 0 saturated heterocycles. The molecule has 0 spiro atoms. The number of carboxylic acid groups (broad SMARTS) is 1. The van der Waals surface area contributed by atoms with E-state index in [0.29, 0.717) is 16.7 Å². The highest BCUT2D eigenvalue weighted by Crippen LogP contribution is 2.27. The zero-order chi connectivity index (χ0) is 16.1. The number of rotatable bonds is 6. The average molecular weight is 325 g/mol. The van der Waals surface area contributed by atoms with Gasteiger partial charge in [0.1, 0.15) is 0 Å². The standard InChI is InChI=1S/C16H14N4O2S/c21-14(22)8-11-23-16-19-18-15(12-6-9-17-10-7-12)20(16)13-4-2-1-3-5-13/h1-7,9-10H,8,11H2,(H,21,22)/p-1. The van der Waals surface area contributed by atoms with Gasteiger partial charge in [0.2, 0.25) is 0 Å². The SMILES string of the molecule is O=C([O-])CCSc1nnc(-c2ccncc2)n1-c1ccccc1. The molecule has 0 fully saturated rings. The molecule has 0 N–H and O–H groups in total. The first kappa shape index (κ1) is 15.2. The number of pyridine rings is 1. The fourth-order valence-corrected chi connectivity index (χ4v) is 2.96. The number of hydrogen-bond donors (Lipinski definition) is 0. The Labute approximate surface area is 137 Å². The maximum atomic E-state index is 10.6. The monoisotopic (exact) mass is 325 g/mol. The second-order valence-corrected chi connectivity index (χ2v) is 5.75. The minimum atomic E-state index is -1.07. The van der Waals surface area contributed by atoms with E-state index >= 15 is 0 Å². The first-order valence-electron chi connectivity index (χ1n) is 6.99. The molecule has 0 aliphatic carbocycles. The summed E-state index contributed by atoms with van der Waals surface area (Å²) in [5.41, 5.74) is 1.81. The summed E-state index contributed by atoms with van der Waals surface area (Å²) in [7, 11) is 0. The normalized spacial score (nSPS) is 10.6. The molecule has 3 rings (SSSR count). The molecule has 0 bridgehead atoms. The van der Waals surface area contributed by atoms with Crippen molar-refractivity contribution < 1.29 is 9.90 Å². The third kappa shape index (κ3) is 3.57. The van der Waals surface area contributed by atoms with Crippen LogP contribution in [0.1, 0.15) is 6.42 Å². The van der Waals surface area contributed by atoms with Gasteiger partial charge >= 0.3 is 0 Å². The Morgan fingerprint density at radius 3 is 2.52 bits per heavy atom. The number of hydrogen-bond acceptors (Lipinski definition) is 6. The quantitative estimate of drug-likeness (QED) is 0.640. The van der Waals surface area contributed by atoms with Crippen LogP contribution in [0.2, 0.25) is 0 Å². The molecule has 0 unspecified atom stereocenters. The molecule has 0 atom stereocenters. The zero-order valence-corrected chi connectivity index (χ0v) is 12.9. The molecule has 0 aliphatic heterocycles. The van der Waals surface area contributed by atoms with Gasteiger partial charge in [0.15, 0.2) is 11.0 Å². The third-order valence-electron chi connectivity index (χ3n) is 3.12. The molecule has 1 aromatic carbocycles. The number of carboxylic acids is 1. The molecular formula is C16H13N4O2S-. The Balaban J connectivity index is 2.00. The zero-order valence-electron chi connectivity index (χ0n) is 12.1. The molecule has 2 heterocycles. The Morgan fingerprint density at radius 2 is 1.83 bits per heavy atom. The van der Waals surface area contributed by atoms with E-state index in [-0.39, 0.29) is 6.42 Å². The van der Waals surface area contributed by atoms with Crippen LogP contribution in [0.4, 0.5) is 0 Å². The molecule has 0 radical (unpaired) electrons. The van der Waals surface area contributed by atoms with Gasteiger partial charge < -0.3 is 9.90 Å². The highest BCUT2D eigenvalue weighted by atomic mass is 32.2. The number of aromatic nitrogens is 4. The van der Waals surface area contributed by atoms with Gasteiger partial charge in [0.25, 0.3) is 0 Å².